The van der Waals surface area contributed by atoms with Crippen molar-refractivity contribution >= 4 is 27.4 Å². The van der Waals surface area contributed by atoms with E-state index in [0.717, 1.165) is 61.8 Å². The van der Waals surface area contributed by atoms with Crippen LogP contribution in [0.2, 0.25) is 0 Å². The number of nitrogens with one attached hydrogen (secondary N) is 1. The van der Waals surface area contributed by atoms with Gasteiger partial charge in [0.25, 0.3) is 0 Å². The molecule has 1 atom stereocenters. The van der Waals surface area contributed by atoms with E-state index in [1.54, 1.807) is 11.3 Å². The minimum absolute atomic E-state index is 0.509. The van der Waals surface area contributed by atoms with Crippen molar-refractivity contribution in [2.75, 3.05) is 51.3 Å². The number of aryl methyl sites for hydroxylation is 2. The molecule has 6 nitrogen and oxygen atoms in total. The third-order valence-electron chi connectivity index (χ3n) is 6.55. The minimum Gasteiger partial charge on any atom is -0.379 e. The molecule has 2 fully saturated rings. The zero-order valence-corrected chi connectivity index (χ0v) is 19.1. The number of aromatic nitrogens is 2. The van der Waals surface area contributed by atoms with Gasteiger partial charge in [-0.3, -0.25) is 9.80 Å². The van der Waals surface area contributed by atoms with Gasteiger partial charge in [0.05, 0.1) is 25.1 Å². The molecule has 2 saturated heterocycles. The predicted molar refractivity (Wildman–Crippen MR) is 121 cm³/mol. The first-order valence-corrected chi connectivity index (χ1v) is 11.9. The van der Waals surface area contributed by atoms with Crippen LogP contribution in [0.4, 0.5) is 5.82 Å². The van der Waals surface area contributed by atoms with Crippen LogP contribution in [-0.2, 0) is 11.3 Å². The molecule has 0 aliphatic carbocycles. The van der Waals surface area contributed by atoms with Crippen molar-refractivity contribution in [1.82, 2.24) is 19.8 Å². The van der Waals surface area contributed by atoms with Gasteiger partial charge in [-0.25, -0.2) is 9.97 Å². The second kappa shape index (κ2) is 9.25. The van der Waals surface area contributed by atoms with Crippen molar-refractivity contribution in [3.8, 4) is 0 Å². The topological polar surface area (TPSA) is 53.5 Å². The first kappa shape index (κ1) is 21.0. The fourth-order valence-electron chi connectivity index (χ4n) is 4.29. The molecule has 0 spiro atoms. The van der Waals surface area contributed by atoms with E-state index in [0.29, 0.717) is 6.04 Å². The van der Waals surface area contributed by atoms with Gasteiger partial charge in [0, 0.05) is 30.6 Å². The fourth-order valence-corrected chi connectivity index (χ4v) is 5.34. The summed E-state index contributed by atoms with van der Waals surface area (Å²) in [6.45, 7) is 16.7. The summed E-state index contributed by atoms with van der Waals surface area (Å²) >= 11 is 1.79. The van der Waals surface area contributed by atoms with Crippen molar-refractivity contribution < 1.29 is 4.74 Å². The van der Waals surface area contributed by atoms with Gasteiger partial charge in [0.15, 0.2) is 0 Å². The van der Waals surface area contributed by atoms with Crippen LogP contribution >= 0.6 is 11.3 Å². The van der Waals surface area contributed by atoms with Gasteiger partial charge in [0.1, 0.15) is 16.5 Å². The van der Waals surface area contributed by atoms with E-state index in [-0.39, 0.29) is 0 Å². The molecule has 4 rings (SSSR count). The maximum atomic E-state index is 5.48. The lowest BCUT2D eigenvalue weighted by atomic mass is 9.98. The summed E-state index contributed by atoms with van der Waals surface area (Å²) in [4.78, 5) is 17.3. The van der Waals surface area contributed by atoms with Crippen LogP contribution in [0.3, 0.4) is 0 Å². The van der Waals surface area contributed by atoms with Crippen LogP contribution in [-0.4, -0.2) is 71.7 Å². The molecule has 0 unspecified atom stereocenters. The number of anilines is 1. The summed E-state index contributed by atoms with van der Waals surface area (Å²) in [5, 5.41) is 4.90. The standard InChI is InChI=1S/C22H35N5OS/c1-15-5-7-27(8-6-15)16(2)13-23-21-20-17(3)18(4)29-22(20)25-19(24-21)14-26-9-11-28-12-10-26/h15-16H,5-14H2,1-4H3,(H,23,24,25)/t16-/m1/s1. The lowest BCUT2D eigenvalue weighted by Gasteiger charge is -2.35. The van der Waals surface area contributed by atoms with Crippen molar-refractivity contribution in [2.24, 2.45) is 5.92 Å². The number of rotatable bonds is 6. The number of ether oxygens (including phenoxy) is 1. The second-order valence-corrected chi connectivity index (χ2v) is 9.99. The number of morpholine rings is 1. The van der Waals surface area contributed by atoms with E-state index >= 15 is 0 Å². The average Bonchev–Trinajstić information content (AvgIpc) is 3.01. The van der Waals surface area contributed by atoms with Crippen LogP contribution < -0.4 is 5.32 Å². The third kappa shape index (κ3) is 4.90. The zero-order chi connectivity index (χ0) is 20.4. The molecule has 4 heterocycles. The SMILES string of the molecule is Cc1sc2nc(CN3CCOCC3)nc(NC[C@@H](C)N3CCC(C)CC3)c2c1C. The monoisotopic (exact) mass is 417 g/mol. The van der Waals surface area contributed by atoms with E-state index < -0.39 is 0 Å². The normalized spacial score (nSPS) is 21.0. The lowest BCUT2D eigenvalue weighted by Crippen LogP contribution is -2.42. The Labute approximate surface area is 178 Å². The van der Waals surface area contributed by atoms with E-state index in [1.165, 1.54) is 41.8 Å². The summed E-state index contributed by atoms with van der Waals surface area (Å²) in [7, 11) is 0. The second-order valence-electron chi connectivity index (χ2n) is 8.79. The van der Waals surface area contributed by atoms with Crippen LogP contribution in [0.1, 0.15) is 43.0 Å². The molecule has 2 aliphatic rings. The molecule has 1 N–H and O–H groups in total. The molecule has 0 saturated carbocycles. The summed E-state index contributed by atoms with van der Waals surface area (Å²) in [6, 6.07) is 0.509. The van der Waals surface area contributed by atoms with Gasteiger partial charge in [-0.05, 0) is 58.2 Å². The summed E-state index contributed by atoms with van der Waals surface area (Å²) in [6.07, 6.45) is 2.63. The predicted octanol–water partition coefficient (Wildman–Crippen LogP) is 3.67. The number of thiophene rings is 1. The van der Waals surface area contributed by atoms with Crippen LogP contribution in [0, 0.1) is 19.8 Å². The molecule has 0 bridgehead atoms. The van der Waals surface area contributed by atoms with Gasteiger partial charge in [-0.2, -0.15) is 0 Å². The highest BCUT2D eigenvalue weighted by Crippen LogP contribution is 2.33. The highest BCUT2D eigenvalue weighted by atomic mass is 32.1. The Balaban J connectivity index is 1.51. The van der Waals surface area contributed by atoms with Crippen LogP contribution in [0.5, 0.6) is 0 Å². The molecule has 160 valence electrons. The molecule has 0 radical (unpaired) electrons. The van der Waals surface area contributed by atoms with Crippen LogP contribution in [0.15, 0.2) is 0 Å². The van der Waals surface area contributed by atoms with Gasteiger partial charge in [-0.1, -0.05) is 6.92 Å². The molecule has 2 aromatic heterocycles. The number of hydrogen-bond donors (Lipinski definition) is 1. The lowest BCUT2D eigenvalue weighted by molar-refractivity contribution is 0.0331. The van der Waals surface area contributed by atoms with E-state index in [4.69, 9.17) is 14.7 Å². The minimum atomic E-state index is 0.509. The molecular weight excluding hydrogens is 382 g/mol. The van der Waals surface area contributed by atoms with E-state index in [9.17, 15) is 0 Å². The first-order chi connectivity index (χ1) is 14.0. The number of nitrogens with zero attached hydrogens (tertiary/aromatic N) is 4. The quantitative estimate of drug-likeness (QED) is 0.774. The maximum Gasteiger partial charge on any atom is 0.146 e. The first-order valence-electron chi connectivity index (χ1n) is 11.1. The smallest absolute Gasteiger partial charge is 0.146 e. The number of likely N-dealkylation sites (tertiary alicyclic amines) is 1. The summed E-state index contributed by atoms with van der Waals surface area (Å²) in [5.41, 5.74) is 1.31. The molecule has 2 aliphatic heterocycles. The summed E-state index contributed by atoms with van der Waals surface area (Å²) < 4.78 is 5.48. The fraction of sp³-hybridized carbons (Fsp3) is 0.727. The van der Waals surface area contributed by atoms with E-state index in [2.05, 4.69) is 42.8 Å². The van der Waals surface area contributed by atoms with E-state index in [1.807, 2.05) is 0 Å². The Hall–Kier alpha value is -1.28. The number of piperidine rings is 1. The Kier molecular flexibility index (Phi) is 6.69. The van der Waals surface area contributed by atoms with Crippen LogP contribution in [0.25, 0.3) is 10.2 Å². The molecular formula is C22H35N5OS. The Bertz CT molecular complexity index is 824. The highest BCUT2D eigenvalue weighted by Gasteiger charge is 2.22. The largest absolute Gasteiger partial charge is 0.379 e. The van der Waals surface area contributed by atoms with Crippen molar-refractivity contribution in [1.29, 1.82) is 0 Å². The van der Waals surface area contributed by atoms with Gasteiger partial charge < -0.3 is 10.1 Å². The Morgan fingerprint density at radius 1 is 1.14 bits per heavy atom. The number of fused-ring (bicyclic) bond motifs is 1. The van der Waals surface area contributed by atoms with Gasteiger partial charge >= 0.3 is 0 Å². The maximum absolute atomic E-state index is 5.48. The zero-order valence-electron chi connectivity index (χ0n) is 18.3. The molecule has 7 heteroatoms. The Morgan fingerprint density at radius 3 is 2.59 bits per heavy atom. The molecule has 2 aromatic rings. The summed E-state index contributed by atoms with van der Waals surface area (Å²) in [5.74, 6) is 2.80. The third-order valence-corrected chi connectivity index (χ3v) is 7.65. The Morgan fingerprint density at radius 2 is 1.86 bits per heavy atom. The number of hydrogen-bond acceptors (Lipinski definition) is 7. The molecule has 0 aromatic carbocycles. The highest BCUT2D eigenvalue weighted by molar-refractivity contribution is 7.18. The average molecular weight is 418 g/mol. The van der Waals surface area contributed by atoms with Crippen molar-refractivity contribution in [2.45, 2.75) is 53.1 Å². The molecule has 0 amide bonds. The van der Waals surface area contributed by atoms with Crippen molar-refractivity contribution in [3.05, 3.63) is 16.3 Å². The van der Waals surface area contributed by atoms with Crippen molar-refractivity contribution in [3.63, 3.8) is 0 Å². The molecule has 29 heavy (non-hydrogen) atoms. The van der Waals surface area contributed by atoms with Gasteiger partial charge in [0.2, 0.25) is 0 Å². The van der Waals surface area contributed by atoms with Gasteiger partial charge in [-0.15, -0.1) is 11.3 Å².